The molecule has 140 heavy (non-hydrogen) atoms. The van der Waals surface area contributed by atoms with Crippen molar-refractivity contribution in [3.05, 3.63) is 485 Å². The molecule has 0 fully saturated rings. The second kappa shape index (κ2) is 32.9. The Labute approximate surface area is 812 Å². The van der Waals surface area contributed by atoms with Gasteiger partial charge >= 0.3 is 0 Å². The van der Waals surface area contributed by atoms with E-state index in [1.54, 1.807) is 0 Å². The number of thiophene rings is 2. The van der Waals surface area contributed by atoms with Crippen LogP contribution in [0.25, 0.3) is 205 Å². The molecule has 8 nitrogen and oxygen atoms in total. The van der Waals surface area contributed by atoms with Crippen LogP contribution in [0, 0.1) is 0 Å². The zero-order chi connectivity index (χ0) is 92.0. The number of benzene rings is 23. The molecule has 29 rings (SSSR count). The molecule has 29 aromatic rings. The summed E-state index contributed by atoms with van der Waals surface area (Å²) in [7, 11) is 0. The van der Waals surface area contributed by atoms with Gasteiger partial charge in [-0.3, -0.25) is 0 Å². The number of fused-ring (bicyclic) bond motifs is 28. The standard InChI is InChI=1S/C68H42N2O2S.C62H38N2O2S/c1-3-17-44(18-4-1)49-21-9-12-28-59(49)70(61-30-16-27-55-52-24-11-14-32-63(52)72-67(55)61)48-38-40-57-64(42-48)73-68-56-39-35-45(41-58(56)50-22-7-8-25-53(50)65(57)68)43-33-36-47(37-34-43)69(46-19-5-2-6-20-46)60-29-15-26-54-51-23-10-13-31-62(51)71-66(54)60;1-3-15-41(16-4-1)63(54-25-13-23-49-46-20-9-11-27-56(46)65-60(49)54)43-32-29-39(30-33-43)40-31-35-51-53(37-40)45-19-7-8-22-48(45)59-52-36-34-44(38-58(52)67-62(51)59)64(42-17-5-2-6-18-42)55-26-14-24-50-47-21-10-12-28-57(47)66-61(50)55/h1-42H;1-38H. The first-order chi connectivity index (χ1) is 69.4. The van der Waals surface area contributed by atoms with Gasteiger partial charge in [0.1, 0.15) is 22.3 Å². The van der Waals surface area contributed by atoms with E-state index in [1.807, 2.05) is 59.1 Å². The monoisotopic (exact) mass is 1820 g/mol. The molecule has 0 aliphatic rings. The Bertz CT molecular complexity index is 10000. The van der Waals surface area contributed by atoms with Crippen LogP contribution >= 0.6 is 22.7 Å². The zero-order valence-corrected chi connectivity index (χ0v) is 77.1. The molecule has 0 atom stereocenters. The van der Waals surface area contributed by atoms with E-state index >= 15 is 0 Å². The number of furan rings is 4. The third-order valence-corrected chi connectivity index (χ3v) is 30.4. The molecular formula is C130H80N4O4S2. The molecule has 0 saturated carbocycles. The lowest BCUT2D eigenvalue weighted by atomic mass is 9.94. The Morgan fingerprint density at radius 2 is 0.421 bits per heavy atom. The molecule has 0 radical (unpaired) electrons. The third kappa shape index (κ3) is 13.2. The van der Waals surface area contributed by atoms with E-state index in [0.717, 1.165) is 178 Å². The Kier molecular flexibility index (Phi) is 18.9. The van der Waals surface area contributed by atoms with Gasteiger partial charge in [-0.2, -0.15) is 0 Å². The molecule has 0 amide bonds. The number of nitrogens with zero attached hydrogens (tertiary/aromatic N) is 4. The van der Waals surface area contributed by atoms with Crippen LogP contribution < -0.4 is 19.6 Å². The van der Waals surface area contributed by atoms with Crippen molar-refractivity contribution in [2.24, 2.45) is 0 Å². The molecule has 0 unspecified atom stereocenters. The van der Waals surface area contributed by atoms with Gasteiger partial charge in [-0.25, -0.2) is 0 Å². The van der Waals surface area contributed by atoms with Crippen molar-refractivity contribution in [3.63, 3.8) is 0 Å². The summed E-state index contributed by atoms with van der Waals surface area (Å²) in [5.41, 5.74) is 26.5. The first-order valence-electron chi connectivity index (χ1n) is 47.4. The second-order valence-corrected chi connectivity index (χ2v) is 38.0. The number of rotatable bonds is 15. The SMILES string of the molecule is c1ccc(-c2ccccc2N(c2ccc3c(c2)sc2c4ccc(-c5ccc(N(c6ccccc6)c6cccc7c6oc6ccccc67)cc5)cc4c4ccccc4c32)c2cccc3c2oc2ccccc23)cc1.c1ccc(N(c2ccc(-c3ccc4c(c3)c3ccccc3c3c5ccc(N(c6ccccc6)c6cccc7c6oc6ccccc67)cc5sc43)cc2)c2cccc3c2oc2ccccc23)cc1. The van der Waals surface area contributed by atoms with Crippen LogP contribution in [0.15, 0.2) is 503 Å². The van der Waals surface area contributed by atoms with E-state index in [1.165, 1.54) is 94.6 Å². The lowest BCUT2D eigenvalue weighted by Gasteiger charge is -2.28. The van der Waals surface area contributed by atoms with Crippen LogP contribution in [0.4, 0.5) is 68.2 Å². The molecule has 23 aromatic carbocycles. The van der Waals surface area contributed by atoms with Crippen LogP contribution in [0.3, 0.4) is 0 Å². The highest BCUT2D eigenvalue weighted by Gasteiger charge is 2.29. The van der Waals surface area contributed by atoms with Crippen molar-refractivity contribution in [1.82, 2.24) is 0 Å². The summed E-state index contributed by atoms with van der Waals surface area (Å²) in [5, 5.41) is 24.0. The Morgan fingerprint density at radius 3 is 0.807 bits per heavy atom. The van der Waals surface area contributed by atoms with E-state index in [0.29, 0.717) is 0 Å². The van der Waals surface area contributed by atoms with Gasteiger partial charge in [-0.15, -0.1) is 22.7 Å². The number of hydrogen-bond acceptors (Lipinski definition) is 10. The average molecular weight is 1830 g/mol. The second-order valence-electron chi connectivity index (χ2n) is 35.9. The number of hydrogen-bond donors (Lipinski definition) is 0. The fourth-order valence-electron chi connectivity index (χ4n) is 21.7. The first kappa shape index (κ1) is 80.4. The normalized spacial score (nSPS) is 11.9. The van der Waals surface area contributed by atoms with E-state index in [-0.39, 0.29) is 0 Å². The Balaban J connectivity index is 0.000000138. The lowest BCUT2D eigenvalue weighted by Crippen LogP contribution is -2.11. The maximum atomic E-state index is 6.76. The smallest absolute Gasteiger partial charge is 0.159 e. The van der Waals surface area contributed by atoms with E-state index in [2.05, 4.69) is 469 Å². The summed E-state index contributed by atoms with van der Waals surface area (Å²) >= 11 is 3.75. The van der Waals surface area contributed by atoms with Gasteiger partial charge in [-0.05, 0) is 212 Å². The predicted molar refractivity (Wildman–Crippen MR) is 593 cm³/mol. The minimum absolute atomic E-state index is 0.860. The zero-order valence-electron chi connectivity index (χ0n) is 75.4. The Hall–Kier alpha value is -18.1. The van der Waals surface area contributed by atoms with Crippen molar-refractivity contribution in [1.29, 1.82) is 0 Å². The molecular weight excluding hydrogens is 1750 g/mol. The highest BCUT2D eigenvalue weighted by Crippen LogP contribution is 2.55. The average Bonchev–Trinajstić information content (AvgIpc) is 1.54. The first-order valence-corrected chi connectivity index (χ1v) is 49.0. The summed E-state index contributed by atoms with van der Waals surface area (Å²) in [5.74, 6) is 0. The fraction of sp³-hybridized carbons (Fsp3) is 0. The van der Waals surface area contributed by atoms with Crippen LogP contribution in [0.2, 0.25) is 0 Å². The van der Waals surface area contributed by atoms with Gasteiger partial charge in [0, 0.05) is 140 Å². The largest absolute Gasteiger partial charge is 0.454 e. The summed E-state index contributed by atoms with van der Waals surface area (Å²) < 4.78 is 31.6. The molecule has 0 aliphatic carbocycles. The molecule has 10 heteroatoms. The molecule has 0 saturated heterocycles. The summed E-state index contributed by atoms with van der Waals surface area (Å²) in [4.78, 5) is 9.32. The lowest BCUT2D eigenvalue weighted by molar-refractivity contribution is 0.668. The molecule has 0 aliphatic heterocycles. The third-order valence-electron chi connectivity index (χ3n) is 28.1. The van der Waals surface area contributed by atoms with Crippen molar-refractivity contribution < 1.29 is 17.7 Å². The Morgan fingerprint density at radius 1 is 0.150 bits per heavy atom. The molecule has 6 heterocycles. The van der Waals surface area contributed by atoms with Gasteiger partial charge in [0.05, 0.1) is 28.4 Å². The highest BCUT2D eigenvalue weighted by molar-refractivity contribution is 7.27. The minimum atomic E-state index is 0.860. The van der Waals surface area contributed by atoms with Gasteiger partial charge in [0.15, 0.2) is 22.3 Å². The molecule has 0 N–H and O–H groups in total. The van der Waals surface area contributed by atoms with Gasteiger partial charge in [-0.1, -0.05) is 334 Å². The van der Waals surface area contributed by atoms with E-state index in [4.69, 9.17) is 17.7 Å². The number of anilines is 12. The van der Waals surface area contributed by atoms with Crippen molar-refractivity contribution >= 4 is 262 Å². The quantitative estimate of drug-likeness (QED) is 0.0941. The number of para-hydroxylation sites is 12. The molecule has 656 valence electrons. The summed E-state index contributed by atoms with van der Waals surface area (Å²) in [6.07, 6.45) is 0. The topological polar surface area (TPSA) is 65.5 Å². The van der Waals surface area contributed by atoms with Crippen molar-refractivity contribution in [2.75, 3.05) is 19.6 Å². The van der Waals surface area contributed by atoms with E-state index in [9.17, 15) is 0 Å². The van der Waals surface area contributed by atoms with Crippen LogP contribution in [0.5, 0.6) is 0 Å². The van der Waals surface area contributed by atoms with Crippen molar-refractivity contribution in [2.45, 2.75) is 0 Å². The summed E-state index contributed by atoms with van der Waals surface area (Å²) in [6, 6.07) is 174. The van der Waals surface area contributed by atoms with E-state index < -0.39 is 0 Å². The summed E-state index contributed by atoms with van der Waals surface area (Å²) in [6.45, 7) is 0. The predicted octanol–water partition coefficient (Wildman–Crippen LogP) is 39.2. The highest BCUT2D eigenvalue weighted by atomic mass is 32.1. The van der Waals surface area contributed by atoms with Crippen LogP contribution in [0.1, 0.15) is 0 Å². The maximum Gasteiger partial charge on any atom is 0.159 e. The molecule has 0 spiro atoms. The van der Waals surface area contributed by atoms with Crippen molar-refractivity contribution in [3.8, 4) is 33.4 Å². The minimum Gasteiger partial charge on any atom is -0.454 e. The van der Waals surface area contributed by atoms with Gasteiger partial charge < -0.3 is 37.3 Å². The van der Waals surface area contributed by atoms with Gasteiger partial charge in [0.2, 0.25) is 0 Å². The fourth-order valence-corrected chi connectivity index (χ4v) is 24.3. The molecule has 0 bridgehead atoms. The van der Waals surface area contributed by atoms with Gasteiger partial charge in [0.25, 0.3) is 0 Å². The van der Waals surface area contributed by atoms with Crippen LogP contribution in [-0.2, 0) is 0 Å². The molecule has 6 aromatic heterocycles. The maximum absolute atomic E-state index is 6.76. The van der Waals surface area contributed by atoms with Crippen LogP contribution in [-0.4, -0.2) is 0 Å².